The lowest BCUT2D eigenvalue weighted by Gasteiger charge is -2.09. The van der Waals surface area contributed by atoms with Crippen molar-refractivity contribution in [2.75, 3.05) is 0 Å². The van der Waals surface area contributed by atoms with Gasteiger partial charge in [0, 0.05) is 6.07 Å². The number of benzene rings is 1. The average molecular weight is 230 g/mol. The fourth-order valence-electron chi connectivity index (χ4n) is 0.897. The van der Waals surface area contributed by atoms with Gasteiger partial charge >= 0.3 is 12.8 Å². The number of alkyl halides is 5. The van der Waals surface area contributed by atoms with E-state index in [9.17, 15) is 26.3 Å². The molecule has 15 heavy (non-hydrogen) atoms. The Kier molecular flexibility index (Phi) is 3.11. The van der Waals surface area contributed by atoms with Crippen LogP contribution >= 0.6 is 0 Å². The van der Waals surface area contributed by atoms with Gasteiger partial charge in [0.25, 0.3) is 0 Å². The summed E-state index contributed by atoms with van der Waals surface area (Å²) in [4.78, 5) is 0. The van der Waals surface area contributed by atoms with Gasteiger partial charge in [-0.15, -0.1) is 0 Å². The van der Waals surface area contributed by atoms with Gasteiger partial charge < -0.3 is 4.74 Å². The van der Waals surface area contributed by atoms with E-state index in [0.717, 1.165) is 0 Å². The molecule has 0 heterocycles. The summed E-state index contributed by atoms with van der Waals surface area (Å²) in [5.41, 5.74) is -1.38. The monoisotopic (exact) mass is 230 g/mol. The topological polar surface area (TPSA) is 9.23 Å². The zero-order valence-corrected chi connectivity index (χ0v) is 6.99. The molecule has 0 fully saturated rings. The van der Waals surface area contributed by atoms with Crippen molar-refractivity contribution in [3.63, 3.8) is 0 Å². The number of halogens is 6. The van der Waals surface area contributed by atoms with Gasteiger partial charge in [-0.1, -0.05) is 0 Å². The molecule has 0 unspecified atom stereocenters. The Morgan fingerprint density at radius 3 is 2.13 bits per heavy atom. The molecule has 1 aromatic carbocycles. The summed E-state index contributed by atoms with van der Waals surface area (Å²) in [6.45, 7) is -3.30. The first kappa shape index (κ1) is 11.7. The summed E-state index contributed by atoms with van der Waals surface area (Å²) < 4.78 is 75.8. The molecule has 0 aromatic heterocycles. The minimum atomic E-state index is -4.80. The van der Waals surface area contributed by atoms with Gasteiger partial charge in [-0.05, 0) is 12.1 Å². The zero-order valence-electron chi connectivity index (χ0n) is 6.99. The highest BCUT2D eigenvalue weighted by Gasteiger charge is 2.31. The molecule has 0 N–H and O–H groups in total. The Morgan fingerprint density at radius 2 is 1.67 bits per heavy atom. The Hall–Kier alpha value is -1.40. The first-order chi connectivity index (χ1) is 6.79. The molecule has 0 saturated carbocycles. The number of hydrogen-bond acceptors (Lipinski definition) is 1. The van der Waals surface area contributed by atoms with Crippen LogP contribution in [0.15, 0.2) is 18.2 Å². The highest BCUT2D eigenvalue weighted by atomic mass is 19.4. The first-order valence-corrected chi connectivity index (χ1v) is 3.61. The van der Waals surface area contributed by atoms with Crippen LogP contribution < -0.4 is 4.74 Å². The lowest BCUT2D eigenvalue weighted by molar-refractivity contribution is -0.138. The van der Waals surface area contributed by atoms with Gasteiger partial charge in [0.15, 0.2) is 0 Å². The van der Waals surface area contributed by atoms with Gasteiger partial charge in [0.05, 0.1) is 5.56 Å². The summed E-state index contributed by atoms with van der Waals surface area (Å²) in [6, 6.07) is 0.939. The number of rotatable bonds is 2. The van der Waals surface area contributed by atoms with E-state index < -0.39 is 29.9 Å². The lowest BCUT2D eigenvalue weighted by Crippen LogP contribution is -2.08. The van der Waals surface area contributed by atoms with Crippen molar-refractivity contribution in [2.24, 2.45) is 0 Å². The minimum absolute atomic E-state index is 0.193. The third kappa shape index (κ3) is 3.34. The molecule has 0 aliphatic heterocycles. The third-order valence-corrected chi connectivity index (χ3v) is 1.42. The minimum Gasteiger partial charge on any atom is -0.435 e. The van der Waals surface area contributed by atoms with Crippen LogP contribution in [0, 0.1) is 5.82 Å². The molecule has 0 aliphatic rings. The van der Waals surface area contributed by atoms with E-state index in [-0.39, 0.29) is 6.07 Å². The maximum atomic E-state index is 12.6. The average Bonchev–Trinajstić information content (AvgIpc) is 1.99. The molecule has 0 bridgehead atoms. The summed E-state index contributed by atoms with van der Waals surface area (Å²) in [6.07, 6.45) is -4.80. The Labute approximate surface area is 80.3 Å². The second-order valence-electron chi connectivity index (χ2n) is 2.55. The van der Waals surface area contributed by atoms with Crippen molar-refractivity contribution in [1.29, 1.82) is 0 Å². The second kappa shape index (κ2) is 4.00. The highest BCUT2D eigenvalue weighted by Crippen LogP contribution is 2.32. The van der Waals surface area contributed by atoms with E-state index >= 15 is 0 Å². The van der Waals surface area contributed by atoms with E-state index in [1.54, 1.807) is 0 Å². The fraction of sp³-hybridized carbons (Fsp3) is 0.250. The molecule has 0 spiro atoms. The van der Waals surface area contributed by atoms with E-state index in [4.69, 9.17) is 0 Å². The SMILES string of the molecule is Fc1cc(OC(F)F)cc(C(F)(F)F)c1. The molecule has 0 saturated heterocycles. The maximum absolute atomic E-state index is 12.6. The molecule has 1 aromatic rings. The van der Waals surface area contributed by atoms with Crippen molar-refractivity contribution in [3.8, 4) is 5.75 Å². The van der Waals surface area contributed by atoms with Gasteiger partial charge in [0.1, 0.15) is 11.6 Å². The second-order valence-corrected chi connectivity index (χ2v) is 2.55. The molecule has 1 nitrogen and oxygen atoms in total. The maximum Gasteiger partial charge on any atom is 0.416 e. The van der Waals surface area contributed by atoms with Crippen LogP contribution in [0.5, 0.6) is 5.75 Å². The third-order valence-electron chi connectivity index (χ3n) is 1.42. The van der Waals surface area contributed by atoms with Gasteiger partial charge in [-0.2, -0.15) is 22.0 Å². The Balaban J connectivity index is 3.06. The van der Waals surface area contributed by atoms with Crippen molar-refractivity contribution >= 4 is 0 Å². The van der Waals surface area contributed by atoms with Gasteiger partial charge in [0.2, 0.25) is 0 Å². The predicted molar refractivity (Wildman–Crippen MR) is 38.0 cm³/mol. The van der Waals surface area contributed by atoms with Crippen LogP contribution in [0.25, 0.3) is 0 Å². The van der Waals surface area contributed by atoms with Crippen molar-refractivity contribution in [2.45, 2.75) is 12.8 Å². The van der Waals surface area contributed by atoms with Crippen LogP contribution in [0.1, 0.15) is 5.56 Å². The lowest BCUT2D eigenvalue weighted by atomic mass is 10.2. The van der Waals surface area contributed by atoms with E-state index in [0.29, 0.717) is 12.1 Å². The van der Waals surface area contributed by atoms with Gasteiger partial charge in [-0.3, -0.25) is 0 Å². The molecular weight excluding hydrogens is 226 g/mol. The molecular formula is C8H4F6O. The summed E-state index contributed by atoms with van der Waals surface area (Å²) in [5, 5.41) is 0. The highest BCUT2D eigenvalue weighted by molar-refractivity contribution is 5.31. The molecule has 84 valence electrons. The molecule has 0 radical (unpaired) electrons. The molecule has 0 aliphatic carbocycles. The summed E-state index contributed by atoms with van der Waals surface area (Å²) in [5.74, 6) is -2.15. The number of ether oxygens (including phenoxy) is 1. The molecule has 1 rings (SSSR count). The van der Waals surface area contributed by atoms with Crippen molar-refractivity contribution < 1.29 is 31.1 Å². The Morgan fingerprint density at radius 1 is 1.07 bits per heavy atom. The molecule has 7 heteroatoms. The van der Waals surface area contributed by atoms with Crippen LogP contribution in [0.4, 0.5) is 26.3 Å². The standard InChI is InChI=1S/C8H4F6O/c9-5-1-4(8(12,13)14)2-6(3-5)15-7(10)11/h1-3,7H. The van der Waals surface area contributed by atoms with Crippen molar-refractivity contribution in [1.82, 2.24) is 0 Å². The van der Waals surface area contributed by atoms with Crippen LogP contribution in [0.2, 0.25) is 0 Å². The zero-order chi connectivity index (χ0) is 11.6. The van der Waals surface area contributed by atoms with E-state index in [2.05, 4.69) is 4.74 Å². The van der Waals surface area contributed by atoms with Gasteiger partial charge in [-0.25, -0.2) is 4.39 Å². The van der Waals surface area contributed by atoms with Crippen molar-refractivity contribution in [3.05, 3.63) is 29.6 Å². The van der Waals surface area contributed by atoms with Crippen LogP contribution in [0.3, 0.4) is 0 Å². The fourth-order valence-corrected chi connectivity index (χ4v) is 0.897. The molecule has 0 atom stereocenters. The predicted octanol–water partition coefficient (Wildman–Crippen LogP) is 3.45. The van der Waals surface area contributed by atoms with Crippen LogP contribution in [-0.2, 0) is 6.18 Å². The quantitative estimate of drug-likeness (QED) is 0.707. The Bertz CT molecular complexity index is 345. The van der Waals surface area contributed by atoms with E-state index in [1.807, 2.05) is 0 Å². The number of hydrogen-bond donors (Lipinski definition) is 0. The molecule has 0 amide bonds. The van der Waals surface area contributed by atoms with Crippen LogP contribution in [-0.4, -0.2) is 6.61 Å². The normalized spacial score (nSPS) is 11.9. The largest absolute Gasteiger partial charge is 0.435 e. The summed E-state index contributed by atoms with van der Waals surface area (Å²) >= 11 is 0. The smallest absolute Gasteiger partial charge is 0.416 e. The van der Waals surface area contributed by atoms with E-state index in [1.165, 1.54) is 0 Å². The first-order valence-electron chi connectivity index (χ1n) is 3.61. The summed E-state index contributed by atoms with van der Waals surface area (Å²) in [7, 11) is 0.